The highest BCUT2D eigenvalue weighted by Gasteiger charge is 2.20. The summed E-state index contributed by atoms with van der Waals surface area (Å²) in [6.07, 6.45) is 11.4. The van der Waals surface area contributed by atoms with Crippen molar-refractivity contribution in [3.63, 3.8) is 0 Å². The molecular weight excluding hydrogens is 402 g/mol. The molecule has 0 saturated carbocycles. The van der Waals surface area contributed by atoms with Crippen molar-refractivity contribution in [2.45, 2.75) is 26.4 Å². The third-order valence-electron chi connectivity index (χ3n) is 5.61. The van der Waals surface area contributed by atoms with Gasteiger partial charge >= 0.3 is 0 Å². The van der Waals surface area contributed by atoms with Crippen molar-refractivity contribution in [1.29, 1.82) is 0 Å². The SMILES string of the molecule is Cc1cc(C(=O)NCc2ccc(-n3ccnc3)nc2)cnc1N1CCc2ncccc2C1. The predicted molar refractivity (Wildman–Crippen MR) is 120 cm³/mol. The van der Waals surface area contributed by atoms with Crippen LogP contribution in [0.5, 0.6) is 0 Å². The van der Waals surface area contributed by atoms with Gasteiger partial charge in [0.05, 0.1) is 5.56 Å². The fourth-order valence-corrected chi connectivity index (χ4v) is 3.92. The molecule has 1 amide bonds. The number of hydrogen-bond donors (Lipinski definition) is 1. The molecule has 1 aliphatic heterocycles. The Balaban J connectivity index is 1.23. The summed E-state index contributed by atoms with van der Waals surface area (Å²) >= 11 is 0. The van der Waals surface area contributed by atoms with E-state index in [0.717, 1.165) is 48.0 Å². The second kappa shape index (κ2) is 8.58. The van der Waals surface area contributed by atoms with Crippen LogP contribution in [0.25, 0.3) is 5.82 Å². The molecule has 8 nitrogen and oxygen atoms in total. The highest BCUT2D eigenvalue weighted by molar-refractivity contribution is 5.94. The number of nitrogens with one attached hydrogen (secondary N) is 1. The molecule has 1 N–H and O–H groups in total. The minimum absolute atomic E-state index is 0.154. The number of rotatable bonds is 5. The number of amides is 1. The van der Waals surface area contributed by atoms with Gasteiger partial charge in [0.15, 0.2) is 0 Å². The van der Waals surface area contributed by atoms with Crippen molar-refractivity contribution >= 4 is 11.7 Å². The van der Waals surface area contributed by atoms with Crippen LogP contribution in [0, 0.1) is 6.92 Å². The summed E-state index contributed by atoms with van der Waals surface area (Å²) in [5.41, 5.74) is 4.84. The maximum atomic E-state index is 12.7. The highest BCUT2D eigenvalue weighted by Crippen LogP contribution is 2.24. The number of carbonyl (C=O) groups excluding carboxylic acids is 1. The van der Waals surface area contributed by atoms with E-state index in [1.165, 1.54) is 5.56 Å². The number of pyridine rings is 3. The Labute approximate surface area is 186 Å². The van der Waals surface area contributed by atoms with E-state index in [-0.39, 0.29) is 5.91 Å². The van der Waals surface area contributed by atoms with E-state index >= 15 is 0 Å². The van der Waals surface area contributed by atoms with Gasteiger partial charge in [-0.2, -0.15) is 0 Å². The molecule has 0 aromatic carbocycles. The molecule has 0 fully saturated rings. The minimum Gasteiger partial charge on any atom is -0.352 e. The predicted octanol–water partition coefficient (Wildman–Crippen LogP) is 2.86. The van der Waals surface area contributed by atoms with E-state index < -0.39 is 0 Å². The first-order chi connectivity index (χ1) is 15.7. The highest BCUT2D eigenvalue weighted by atomic mass is 16.1. The molecule has 5 rings (SSSR count). The van der Waals surface area contributed by atoms with Crippen LogP contribution in [0.3, 0.4) is 0 Å². The zero-order valence-corrected chi connectivity index (χ0v) is 17.8. The van der Waals surface area contributed by atoms with E-state index in [9.17, 15) is 4.79 Å². The number of aryl methyl sites for hydroxylation is 1. The van der Waals surface area contributed by atoms with Crippen molar-refractivity contribution in [3.8, 4) is 5.82 Å². The average Bonchev–Trinajstić information content (AvgIpc) is 3.37. The van der Waals surface area contributed by atoms with Gasteiger partial charge in [0.25, 0.3) is 5.91 Å². The molecule has 0 spiro atoms. The number of hydrogen-bond acceptors (Lipinski definition) is 6. The maximum Gasteiger partial charge on any atom is 0.253 e. The van der Waals surface area contributed by atoms with E-state index in [1.807, 2.05) is 48.1 Å². The number of imidazole rings is 1. The van der Waals surface area contributed by atoms with Gasteiger partial charge in [-0.05, 0) is 41.8 Å². The standard InChI is InChI=1S/C24H23N7O/c1-17-11-20(14-28-23(17)30-9-6-21-19(15-30)3-2-7-26-21)24(32)29-13-18-4-5-22(27-12-18)31-10-8-25-16-31/h2-5,7-8,10-12,14,16H,6,9,13,15H2,1H3,(H,29,32). The van der Waals surface area contributed by atoms with Crippen LogP contribution in [0.4, 0.5) is 5.82 Å². The van der Waals surface area contributed by atoms with E-state index in [1.54, 1.807) is 24.9 Å². The van der Waals surface area contributed by atoms with Crippen LogP contribution in [0.2, 0.25) is 0 Å². The van der Waals surface area contributed by atoms with Crippen LogP contribution in [0.1, 0.15) is 32.7 Å². The lowest BCUT2D eigenvalue weighted by Crippen LogP contribution is -2.32. The lowest BCUT2D eigenvalue weighted by atomic mass is 10.0. The van der Waals surface area contributed by atoms with Crippen LogP contribution in [0.15, 0.2) is 67.6 Å². The summed E-state index contributed by atoms with van der Waals surface area (Å²) in [6, 6.07) is 9.82. The summed E-state index contributed by atoms with van der Waals surface area (Å²) in [7, 11) is 0. The van der Waals surface area contributed by atoms with Gasteiger partial charge in [0, 0.05) is 62.7 Å². The monoisotopic (exact) mass is 425 g/mol. The molecule has 0 saturated heterocycles. The summed E-state index contributed by atoms with van der Waals surface area (Å²) in [6.45, 7) is 4.04. The Kier molecular flexibility index (Phi) is 5.33. The van der Waals surface area contributed by atoms with Gasteiger partial charge in [0.2, 0.25) is 0 Å². The molecule has 5 heterocycles. The molecule has 8 heteroatoms. The molecule has 160 valence electrons. The molecule has 4 aromatic rings. The van der Waals surface area contributed by atoms with Crippen LogP contribution < -0.4 is 10.2 Å². The first-order valence-corrected chi connectivity index (χ1v) is 10.5. The average molecular weight is 425 g/mol. The third kappa shape index (κ3) is 4.07. The molecule has 0 aliphatic carbocycles. The van der Waals surface area contributed by atoms with E-state index in [2.05, 4.69) is 36.2 Å². The van der Waals surface area contributed by atoms with Crippen molar-refractivity contribution < 1.29 is 4.79 Å². The lowest BCUT2D eigenvalue weighted by Gasteiger charge is -2.30. The smallest absolute Gasteiger partial charge is 0.253 e. The number of anilines is 1. The van der Waals surface area contributed by atoms with Gasteiger partial charge in [-0.25, -0.2) is 15.0 Å². The Morgan fingerprint density at radius 2 is 2.06 bits per heavy atom. The Morgan fingerprint density at radius 3 is 2.84 bits per heavy atom. The van der Waals surface area contributed by atoms with Crippen molar-refractivity contribution in [1.82, 2.24) is 29.8 Å². The molecule has 0 atom stereocenters. The summed E-state index contributed by atoms with van der Waals surface area (Å²) < 4.78 is 1.83. The van der Waals surface area contributed by atoms with Crippen LogP contribution in [-0.2, 0) is 19.5 Å². The molecule has 0 bridgehead atoms. The van der Waals surface area contributed by atoms with E-state index in [0.29, 0.717) is 12.1 Å². The van der Waals surface area contributed by atoms with Gasteiger partial charge in [0.1, 0.15) is 18.0 Å². The zero-order valence-electron chi connectivity index (χ0n) is 17.8. The topological polar surface area (TPSA) is 88.8 Å². The summed E-state index contributed by atoms with van der Waals surface area (Å²) in [5.74, 6) is 1.54. The second-order valence-corrected chi connectivity index (χ2v) is 7.82. The van der Waals surface area contributed by atoms with Crippen molar-refractivity contribution in [3.05, 3.63) is 95.6 Å². The molecule has 0 unspecified atom stereocenters. The maximum absolute atomic E-state index is 12.7. The lowest BCUT2D eigenvalue weighted by molar-refractivity contribution is 0.0950. The van der Waals surface area contributed by atoms with Gasteiger partial charge in [-0.1, -0.05) is 12.1 Å². The summed E-state index contributed by atoms with van der Waals surface area (Å²) in [5, 5.41) is 2.95. The fourth-order valence-electron chi connectivity index (χ4n) is 3.92. The number of fused-ring (bicyclic) bond motifs is 1. The molecule has 1 aliphatic rings. The van der Waals surface area contributed by atoms with Crippen LogP contribution in [-0.4, -0.2) is 37.0 Å². The number of carbonyl (C=O) groups is 1. The Morgan fingerprint density at radius 1 is 1.12 bits per heavy atom. The largest absolute Gasteiger partial charge is 0.352 e. The summed E-state index contributed by atoms with van der Waals surface area (Å²) in [4.78, 5) is 32.4. The normalized spacial score (nSPS) is 13.0. The molecular formula is C24H23N7O. The molecule has 0 radical (unpaired) electrons. The van der Waals surface area contributed by atoms with Crippen molar-refractivity contribution in [2.75, 3.05) is 11.4 Å². The van der Waals surface area contributed by atoms with Crippen molar-refractivity contribution in [2.24, 2.45) is 0 Å². The molecule has 32 heavy (non-hydrogen) atoms. The molecule has 4 aromatic heterocycles. The Bertz CT molecular complexity index is 1240. The van der Waals surface area contributed by atoms with Gasteiger partial charge in [-0.3, -0.25) is 14.3 Å². The quantitative estimate of drug-likeness (QED) is 0.529. The Hall–Kier alpha value is -4.07. The zero-order chi connectivity index (χ0) is 21.9. The number of nitrogens with zero attached hydrogens (tertiary/aromatic N) is 6. The van der Waals surface area contributed by atoms with E-state index in [4.69, 9.17) is 0 Å². The van der Waals surface area contributed by atoms with Gasteiger partial charge < -0.3 is 10.2 Å². The van der Waals surface area contributed by atoms with Crippen LogP contribution >= 0.6 is 0 Å². The first-order valence-electron chi connectivity index (χ1n) is 10.5. The third-order valence-corrected chi connectivity index (χ3v) is 5.61. The first kappa shape index (κ1) is 19.9. The van der Waals surface area contributed by atoms with Gasteiger partial charge in [-0.15, -0.1) is 0 Å². The fraction of sp³-hybridized carbons (Fsp3) is 0.208. The second-order valence-electron chi connectivity index (χ2n) is 7.82. The minimum atomic E-state index is -0.154. The number of aromatic nitrogens is 5.